The van der Waals surface area contributed by atoms with E-state index in [-0.39, 0.29) is 24.9 Å². The molecule has 6 nitrogen and oxygen atoms in total. The van der Waals surface area contributed by atoms with E-state index in [0.29, 0.717) is 12.8 Å². The molecule has 0 aromatic rings. The fraction of sp³-hybridized carbons (Fsp3) is 0.706. The summed E-state index contributed by atoms with van der Waals surface area (Å²) in [4.78, 5) is 35.3. The summed E-state index contributed by atoms with van der Waals surface area (Å²) in [7, 11) is 0. The molecule has 1 saturated carbocycles. The zero-order chi connectivity index (χ0) is 17.2. The molecule has 0 heterocycles. The van der Waals surface area contributed by atoms with Crippen LogP contribution in [0, 0.1) is 23.7 Å². The first-order valence-electron chi connectivity index (χ1n) is 8.05. The molecule has 23 heavy (non-hydrogen) atoms. The summed E-state index contributed by atoms with van der Waals surface area (Å²) in [6, 6.07) is 0. The minimum Gasteiger partial charge on any atom is -0.481 e. The fourth-order valence-electron chi connectivity index (χ4n) is 3.24. The maximum atomic E-state index is 12.2. The van der Waals surface area contributed by atoms with Crippen LogP contribution < -0.4 is 0 Å². The van der Waals surface area contributed by atoms with Gasteiger partial charge in [-0.25, -0.2) is 0 Å². The van der Waals surface area contributed by atoms with Crippen LogP contribution >= 0.6 is 0 Å². The van der Waals surface area contributed by atoms with E-state index in [0.717, 1.165) is 0 Å². The van der Waals surface area contributed by atoms with Gasteiger partial charge < -0.3 is 14.6 Å². The topological polar surface area (TPSA) is 89.9 Å². The molecular formula is C17H24O6. The molecule has 128 valence electrons. The molecule has 0 aromatic carbocycles. The lowest BCUT2D eigenvalue weighted by molar-refractivity contribution is -0.163. The Hall–Kier alpha value is -1.85. The SMILES string of the molecule is CCC(C)(C)OC(=O)CCOC(=O)C1C2C=CC(C2)C1C(=O)O. The van der Waals surface area contributed by atoms with Crippen molar-refractivity contribution in [1.29, 1.82) is 0 Å². The maximum absolute atomic E-state index is 12.2. The lowest BCUT2D eigenvalue weighted by Crippen LogP contribution is -2.34. The van der Waals surface area contributed by atoms with E-state index in [1.807, 2.05) is 32.9 Å². The van der Waals surface area contributed by atoms with E-state index in [4.69, 9.17) is 9.47 Å². The number of hydrogen-bond donors (Lipinski definition) is 1. The van der Waals surface area contributed by atoms with Gasteiger partial charge in [0.2, 0.25) is 0 Å². The van der Waals surface area contributed by atoms with Gasteiger partial charge >= 0.3 is 17.9 Å². The molecule has 4 atom stereocenters. The molecule has 0 amide bonds. The van der Waals surface area contributed by atoms with Crippen LogP contribution in [-0.4, -0.2) is 35.2 Å². The van der Waals surface area contributed by atoms with Crippen LogP contribution in [0.2, 0.25) is 0 Å². The van der Waals surface area contributed by atoms with Crippen molar-refractivity contribution in [3.8, 4) is 0 Å². The van der Waals surface area contributed by atoms with Crippen molar-refractivity contribution in [3.63, 3.8) is 0 Å². The number of ether oxygens (including phenoxy) is 2. The first-order valence-corrected chi connectivity index (χ1v) is 8.05. The van der Waals surface area contributed by atoms with Crippen LogP contribution in [0.1, 0.15) is 40.0 Å². The average Bonchev–Trinajstić information content (AvgIpc) is 3.07. The lowest BCUT2D eigenvalue weighted by atomic mass is 9.83. The number of fused-ring (bicyclic) bond motifs is 2. The summed E-state index contributed by atoms with van der Waals surface area (Å²) >= 11 is 0. The van der Waals surface area contributed by atoms with Gasteiger partial charge in [-0.05, 0) is 38.5 Å². The Kier molecular flexibility index (Phi) is 5.12. The number of aliphatic carboxylic acids is 1. The summed E-state index contributed by atoms with van der Waals surface area (Å²) in [5.74, 6) is -3.45. The molecule has 2 aliphatic carbocycles. The Balaban J connectivity index is 1.82. The highest BCUT2D eigenvalue weighted by Gasteiger charge is 2.52. The molecule has 0 aliphatic heterocycles. The van der Waals surface area contributed by atoms with Gasteiger partial charge in [-0.3, -0.25) is 14.4 Å². The van der Waals surface area contributed by atoms with Crippen LogP contribution in [0.4, 0.5) is 0 Å². The van der Waals surface area contributed by atoms with Crippen molar-refractivity contribution in [2.75, 3.05) is 6.61 Å². The van der Waals surface area contributed by atoms with Crippen LogP contribution in [0.25, 0.3) is 0 Å². The molecule has 2 rings (SSSR count). The van der Waals surface area contributed by atoms with Crippen molar-refractivity contribution < 1.29 is 29.0 Å². The minimum atomic E-state index is -0.965. The summed E-state index contributed by atoms with van der Waals surface area (Å²) < 4.78 is 10.4. The number of carbonyl (C=O) groups excluding carboxylic acids is 2. The first kappa shape index (κ1) is 17.5. The van der Waals surface area contributed by atoms with Crippen molar-refractivity contribution >= 4 is 17.9 Å². The summed E-state index contributed by atoms with van der Waals surface area (Å²) in [6.45, 7) is 5.47. The van der Waals surface area contributed by atoms with Gasteiger partial charge in [0.05, 0.1) is 18.3 Å². The largest absolute Gasteiger partial charge is 0.481 e. The number of rotatable bonds is 7. The van der Waals surface area contributed by atoms with E-state index in [9.17, 15) is 19.5 Å². The highest BCUT2D eigenvalue weighted by Crippen LogP contribution is 2.48. The summed E-state index contributed by atoms with van der Waals surface area (Å²) in [5, 5.41) is 9.31. The van der Waals surface area contributed by atoms with Gasteiger partial charge in [-0.1, -0.05) is 19.1 Å². The van der Waals surface area contributed by atoms with E-state index in [1.54, 1.807) is 0 Å². The van der Waals surface area contributed by atoms with Gasteiger partial charge in [-0.15, -0.1) is 0 Å². The molecule has 0 radical (unpaired) electrons. The molecular weight excluding hydrogens is 300 g/mol. The van der Waals surface area contributed by atoms with E-state index in [2.05, 4.69) is 0 Å². The van der Waals surface area contributed by atoms with Gasteiger partial charge in [0.15, 0.2) is 0 Å². The Bertz CT molecular complexity index is 521. The normalized spacial score (nSPS) is 28.7. The lowest BCUT2D eigenvalue weighted by Gasteiger charge is -2.24. The van der Waals surface area contributed by atoms with Crippen molar-refractivity contribution in [2.24, 2.45) is 23.7 Å². The Morgan fingerprint density at radius 3 is 2.35 bits per heavy atom. The highest BCUT2D eigenvalue weighted by atomic mass is 16.6. The Morgan fingerprint density at radius 1 is 1.17 bits per heavy atom. The first-order chi connectivity index (χ1) is 10.7. The molecule has 0 saturated heterocycles. The molecule has 0 spiro atoms. The third-order valence-electron chi connectivity index (χ3n) is 4.81. The fourth-order valence-corrected chi connectivity index (χ4v) is 3.24. The van der Waals surface area contributed by atoms with Crippen LogP contribution in [0.3, 0.4) is 0 Å². The molecule has 0 aromatic heterocycles. The maximum Gasteiger partial charge on any atom is 0.310 e. The number of allylic oxidation sites excluding steroid dienone is 2. The number of carbonyl (C=O) groups is 3. The second-order valence-corrected chi connectivity index (χ2v) is 6.84. The molecule has 2 bridgehead atoms. The highest BCUT2D eigenvalue weighted by molar-refractivity contribution is 5.83. The Morgan fingerprint density at radius 2 is 1.78 bits per heavy atom. The van der Waals surface area contributed by atoms with E-state index >= 15 is 0 Å². The van der Waals surface area contributed by atoms with Gasteiger partial charge in [0, 0.05) is 0 Å². The molecule has 1 N–H and O–H groups in total. The number of carboxylic acid groups (broad SMARTS) is 1. The van der Waals surface area contributed by atoms with E-state index < -0.39 is 35.3 Å². The van der Waals surface area contributed by atoms with Gasteiger partial charge in [0.25, 0.3) is 0 Å². The zero-order valence-corrected chi connectivity index (χ0v) is 13.8. The second kappa shape index (κ2) is 6.72. The van der Waals surface area contributed by atoms with Crippen LogP contribution in [0.15, 0.2) is 12.2 Å². The minimum absolute atomic E-state index is 0.0242. The molecule has 4 unspecified atom stereocenters. The standard InChI is InChI=1S/C17H24O6/c1-4-17(2,3)23-12(18)7-8-22-16(21)14-11-6-5-10(9-11)13(14)15(19)20/h5-6,10-11,13-14H,4,7-9H2,1-3H3,(H,19,20). The van der Waals surface area contributed by atoms with Crippen LogP contribution in [0.5, 0.6) is 0 Å². The number of hydrogen-bond acceptors (Lipinski definition) is 5. The Labute approximate surface area is 135 Å². The predicted molar refractivity (Wildman–Crippen MR) is 81.4 cm³/mol. The van der Waals surface area contributed by atoms with Crippen molar-refractivity contribution in [3.05, 3.63) is 12.2 Å². The van der Waals surface area contributed by atoms with Crippen LogP contribution in [-0.2, 0) is 23.9 Å². The molecule has 1 fully saturated rings. The third-order valence-corrected chi connectivity index (χ3v) is 4.81. The smallest absolute Gasteiger partial charge is 0.310 e. The second-order valence-electron chi connectivity index (χ2n) is 6.84. The van der Waals surface area contributed by atoms with Gasteiger partial charge in [0.1, 0.15) is 12.2 Å². The average molecular weight is 324 g/mol. The summed E-state index contributed by atoms with van der Waals surface area (Å²) in [6.07, 6.45) is 5.12. The predicted octanol–water partition coefficient (Wildman–Crippen LogP) is 2.17. The van der Waals surface area contributed by atoms with Gasteiger partial charge in [-0.2, -0.15) is 0 Å². The quantitative estimate of drug-likeness (QED) is 0.570. The van der Waals surface area contributed by atoms with Crippen molar-refractivity contribution in [1.82, 2.24) is 0 Å². The van der Waals surface area contributed by atoms with E-state index in [1.165, 1.54) is 0 Å². The third kappa shape index (κ3) is 3.92. The zero-order valence-electron chi connectivity index (χ0n) is 13.8. The summed E-state index contributed by atoms with van der Waals surface area (Å²) in [5.41, 5.74) is -0.537. The van der Waals surface area contributed by atoms with Crippen molar-refractivity contribution in [2.45, 2.75) is 45.6 Å². The number of carboxylic acids is 1. The molecule has 6 heteroatoms. The monoisotopic (exact) mass is 324 g/mol. The number of esters is 2. The molecule has 2 aliphatic rings.